The lowest BCUT2D eigenvalue weighted by atomic mass is 9.98. The average Bonchev–Trinajstić information content (AvgIpc) is 2.50. The number of benzene rings is 2. The number of amides is 1. The van der Waals surface area contributed by atoms with Gasteiger partial charge in [-0.3, -0.25) is 4.79 Å². The summed E-state index contributed by atoms with van der Waals surface area (Å²) in [6, 6.07) is 15.6. The van der Waals surface area contributed by atoms with E-state index in [-0.39, 0.29) is 5.91 Å². The van der Waals surface area contributed by atoms with Crippen LogP contribution in [0.15, 0.2) is 48.5 Å². The summed E-state index contributed by atoms with van der Waals surface area (Å²) in [5, 5.41) is 3.03. The maximum Gasteiger partial charge on any atom is 0.227 e. The highest BCUT2D eigenvalue weighted by Gasteiger charge is 2.12. The monoisotopic (exact) mass is 297 g/mol. The minimum Gasteiger partial charge on any atom is -0.493 e. The number of carbonyl (C=O) groups excluding carboxylic acids is 1. The lowest BCUT2D eigenvalue weighted by Gasteiger charge is -2.16. The van der Waals surface area contributed by atoms with Crippen LogP contribution in [0.5, 0.6) is 5.75 Å². The number of carbonyl (C=O) groups is 1. The Morgan fingerprint density at radius 1 is 1.09 bits per heavy atom. The van der Waals surface area contributed by atoms with E-state index in [0.717, 1.165) is 22.6 Å². The molecule has 0 heterocycles. The maximum atomic E-state index is 12.1. The fraction of sp³-hybridized carbons (Fsp3) is 0.316. The van der Waals surface area contributed by atoms with E-state index >= 15 is 0 Å². The molecular weight excluding hydrogens is 274 g/mol. The Morgan fingerprint density at radius 3 is 2.50 bits per heavy atom. The number of hydrogen-bond acceptors (Lipinski definition) is 2. The Hall–Kier alpha value is -2.29. The van der Waals surface area contributed by atoms with Gasteiger partial charge in [-0.15, -0.1) is 0 Å². The van der Waals surface area contributed by atoms with Gasteiger partial charge >= 0.3 is 0 Å². The van der Waals surface area contributed by atoms with Crippen LogP contribution in [0.25, 0.3) is 0 Å². The molecule has 0 fully saturated rings. The number of aryl methyl sites for hydroxylation is 1. The number of nitrogens with one attached hydrogen (secondary N) is 1. The summed E-state index contributed by atoms with van der Waals surface area (Å²) < 4.78 is 5.56. The van der Waals surface area contributed by atoms with Crippen LogP contribution in [0.3, 0.4) is 0 Å². The van der Waals surface area contributed by atoms with Crippen LogP contribution in [0.4, 0.5) is 5.69 Å². The zero-order valence-corrected chi connectivity index (χ0v) is 13.4. The number of anilines is 1. The van der Waals surface area contributed by atoms with Gasteiger partial charge in [0, 0.05) is 5.69 Å². The minimum atomic E-state index is -0.0212. The van der Waals surface area contributed by atoms with E-state index in [9.17, 15) is 4.79 Å². The average molecular weight is 297 g/mol. The van der Waals surface area contributed by atoms with Crippen LogP contribution in [0.2, 0.25) is 0 Å². The van der Waals surface area contributed by atoms with Gasteiger partial charge in [0.05, 0.1) is 13.0 Å². The third kappa shape index (κ3) is 4.35. The highest BCUT2D eigenvalue weighted by atomic mass is 16.5. The molecule has 0 atom stereocenters. The number of rotatable bonds is 6. The number of hydrogen-bond donors (Lipinski definition) is 1. The number of para-hydroxylation sites is 2. The van der Waals surface area contributed by atoms with Gasteiger partial charge < -0.3 is 10.1 Å². The molecule has 3 nitrogen and oxygen atoms in total. The Kier molecular flexibility index (Phi) is 5.59. The second-order valence-electron chi connectivity index (χ2n) is 5.65. The molecule has 0 unspecified atom stereocenters. The van der Waals surface area contributed by atoms with Crippen LogP contribution in [-0.4, -0.2) is 12.5 Å². The van der Waals surface area contributed by atoms with Crippen molar-refractivity contribution in [1.82, 2.24) is 0 Å². The first-order valence-corrected chi connectivity index (χ1v) is 7.65. The van der Waals surface area contributed by atoms with Crippen molar-refractivity contribution < 1.29 is 9.53 Å². The molecule has 0 bridgehead atoms. The van der Waals surface area contributed by atoms with E-state index in [1.165, 1.54) is 0 Å². The van der Waals surface area contributed by atoms with Gasteiger partial charge in [-0.25, -0.2) is 0 Å². The maximum absolute atomic E-state index is 12.1. The largest absolute Gasteiger partial charge is 0.493 e. The zero-order chi connectivity index (χ0) is 15.9. The molecule has 0 aliphatic carbocycles. The lowest BCUT2D eigenvalue weighted by molar-refractivity contribution is -0.116. The summed E-state index contributed by atoms with van der Waals surface area (Å²) in [5.41, 5.74) is 3.18. The van der Waals surface area contributed by atoms with Gasteiger partial charge in [-0.05, 0) is 36.1 Å². The van der Waals surface area contributed by atoms with Crippen molar-refractivity contribution in [2.24, 2.45) is 0 Å². The molecule has 0 aliphatic heterocycles. The highest BCUT2D eigenvalue weighted by molar-refractivity contribution is 5.92. The second-order valence-corrected chi connectivity index (χ2v) is 5.65. The van der Waals surface area contributed by atoms with Crippen molar-refractivity contribution >= 4 is 11.6 Å². The molecule has 116 valence electrons. The third-order valence-electron chi connectivity index (χ3n) is 3.53. The topological polar surface area (TPSA) is 38.3 Å². The van der Waals surface area contributed by atoms with Gasteiger partial charge in [-0.1, -0.05) is 50.2 Å². The molecule has 3 heteroatoms. The van der Waals surface area contributed by atoms with Crippen molar-refractivity contribution in [1.29, 1.82) is 0 Å². The molecule has 1 N–H and O–H groups in total. The van der Waals surface area contributed by atoms with Crippen LogP contribution in [0.1, 0.15) is 37.3 Å². The Bertz CT molecular complexity index is 621. The first-order valence-electron chi connectivity index (χ1n) is 7.65. The molecule has 0 aliphatic rings. The first-order chi connectivity index (χ1) is 10.6. The van der Waals surface area contributed by atoms with Gasteiger partial charge in [0.2, 0.25) is 5.91 Å². The summed E-state index contributed by atoms with van der Waals surface area (Å²) in [5.74, 6) is 1.14. The first kappa shape index (κ1) is 16.1. The van der Waals surface area contributed by atoms with Crippen LogP contribution in [-0.2, 0) is 4.79 Å². The Balaban J connectivity index is 1.92. The molecule has 0 radical (unpaired) electrons. The predicted molar refractivity (Wildman–Crippen MR) is 90.5 cm³/mol. The minimum absolute atomic E-state index is 0.0212. The molecule has 2 aromatic rings. The SMILES string of the molecule is Cc1cccc(C(C)C)c1NC(=O)CCOc1ccccc1. The summed E-state index contributed by atoms with van der Waals surface area (Å²) in [6.45, 7) is 6.65. The lowest BCUT2D eigenvalue weighted by Crippen LogP contribution is -2.17. The van der Waals surface area contributed by atoms with Crippen molar-refractivity contribution in [3.63, 3.8) is 0 Å². The van der Waals surface area contributed by atoms with Gasteiger partial charge in [0.25, 0.3) is 0 Å². The highest BCUT2D eigenvalue weighted by Crippen LogP contribution is 2.27. The fourth-order valence-corrected chi connectivity index (χ4v) is 2.32. The van der Waals surface area contributed by atoms with Gasteiger partial charge in [-0.2, -0.15) is 0 Å². The molecule has 0 spiro atoms. The Morgan fingerprint density at radius 2 is 1.82 bits per heavy atom. The quantitative estimate of drug-likeness (QED) is 0.851. The van der Waals surface area contributed by atoms with E-state index in [2.05, 4.69) is 25.2 Å². The molecule has 0 saturated carbocycles. The molecule has 1 amide bonds. The van der Waals surface area contributed by atoms with Gasteiger partial charge in [0.15, 0.2) is 0 Å². The van der Waals surface area contributed by atoms with Crippen molar-refractivity contribution in [2.75, 3.05) is 11.9 Å². The van der Waals surface area contributed by atoms with Crippen LogP contribution < -0.4 is 10.1 Å². The van der Waals surface area contributed by atoms with E-state index in [1.54, 1.807) is 0 Å². The van der Waals surface area contributed by atoms with Gasteiger partial charge in [0.1, 0.15) is 5.75 Å². The molecule has 2 rings (SSSR count). The van der Waals surface area contributed by atoms with Crippen LogP contribution >= 0.6 is 0 Å². The molecule has 2 aromatic carbocycles. The van der Waals surface area contributed by atoms with E-state index in [1.807, 2.05) is 49.4 Å². The van der Waals surface area contributed by atoms with Crippen LogP contribution in [0, 0.1) is 6.92 Å². The van der Waals surface area contributed by atoms with Crippen molar-refractivity contribution in [3.8, 4) is 5.75 Å². The molecule has 0 saturated heterocycles. The second kappa shape index (κ2) is 7.64. The molecular formula is C19H23NO2. The number of ether oxygens (including phenoxy) is 1. The zero-order valence-electron chi connectivity index (χ0n) is 13.4. The normalized spacial score (nSPS) is 10.5. The van der Waals surface area contributed by atoms with E-state index < -0.39 is 0 Å². The fourth-order valence-electron chi connectivity index (χ4n) is 2.32. The summed E-state index contributed by atoms with van der Waals surface area (Å²) in [6.07, 6.45) is 0.334. The smallest absolute Gasteiger partial charge is 0.227 e. The molecule has 22 heavy (non-hydrogen) atoms. The predicted octanol–water partition coefficient (Wildman–Crippen LogP) is 4.53. The summed E-state index contributed by atoms with van der Waals surface area (Å²) in [7, 11) is 0. The third-order valence-corrected chi connectivity index (χ3v) is 3.53. The van der Waals surface area contributed by atoms with Crippen molar-refractivity contribution in [2.45, 2.75) is 33.1 Å². The molecule has 0 aromatic heterocycles. The van der Waals surface area contributed by atoms with Crippen molar-refractivity contribution in [3.05, 3.63) is 59.7 Å². The van der Waals surface area contributed by atoms with E-state index in [0.29, 0.717) is 18.9 Å². The van der Waals surface area contributed by atoms with E-state index in [4.69, 9.17) is 4.74 Å². The summed E-state index contributed by atoms with van der Waals surface area (Å²) >= 11 is 0. The Labute approximate surface area is 132 Å². The summed E-state index contributed by atoms with van der Waals surface area (Å²) in [4.78, 5) is 12.1. The standard InChI is InChI=1S/C19H23NO2/c1-14(2)17-11-7-8-15(3)19(17)20-18(21)12-13-22-16-9-5-4-6-10-16/h4-11,14H,12-13H2,1-3H3,(H,20,21).